The molecule has 2 N–H and O–H groups in total. The number of fused-ring (bicyclic) bond motifs is 1. The van der Waals surface area contributed by atoms with E-state index in [2.05, 4.69) is 36.4 Å². The summed E-state index contributed by atoms with van der Waals surface area (Å²) < 4.78 is 10.7. The molecule has 0 spiro atoms. The van der Waals surface area contributed by atoms with E-state index in [0.29, 0.717) is 12.2 Å². The minimum atomic E-state index is 0. The summed E-state index contributed by atoms with van der Waals surface area (Å²) in [6, 6.07) is 13.2. The van der Waals surface area contributed by atoms with E-state index in [1.165, 1.54) is 21.9 Å². The van der Waals surface area contributed by atoms with Gasteiger partial charge in [0.2, 0.25) is 0 Å². The molecule has 2 aliphatic rings. The number of hydrogen-bond acceptors (Lipinski definition) is 2. The monoisotopic (exact) mass is 258 g/mol. The van der Waals surface area contributed by atoms with Gasteiger partial charge >= 0.3 is 0 Å². The van der Waals surface area contributed by atoms with Crippen LogP contribution < -0.4 is 0 Å². The molecule has 0 radical (unpaired) electrons. The zero-order valence-electron chi connectivity index (χ0n) is 10.8. The fraction of sp³-hybridized carbons (Fsp3) is 0.375. The summed E-state index contributed by atoms with van der Waals surface area (Å²) in [6.45, 7) is 1.85. The number of epoxide rings is 2. The SMILES string of the molecule is O.c1cc(CC2CO2)c2cccc(CC3CO3)c2c1. The van der Waals surface area contributed by atoms with Gasteiger partial charge in [-0.25, -0.2) is 0 Å². The second kappa shape index (κ2) is 4.93. The number of rotatable bonds is 4. The van der Waals surface area contributed by atoms with Crippen LogP contribution in [-0.2, 0) is 22.3 Å². The predicted molar refractivity (Wildman–Crippen MR) is 74.4 cm³/mol. The van der Waals surface area contributed by atoms with Gasteiger partial charge in [0.25, 0.3) is 0 Å². The summed E-state index contributed by atoms with van der Waals surface area (Å²) in [4.78, 5) is 0. The van der Waals surface area contributed by atoms with E-state index in [0.717, 1.165) is 26.1 Å². The molecule has 2 aromatic rings. The molecule has 2 unspecified atom stereocenters. The molecule has 0 aliphatic carbocycles. The second-order valence-electron chi connectivity index (χ2n) is 5.25. The molecule has 2 atom stereocenters. The van der Waals surface area contributed by atoms with Crippen molar-refractivity contribution >= 4 is 10.8 Å². The van der Waals surface area contributed by atoms with Gasteiger partial charge in [-0.2, -0.15) is 0 Å². The van der Waals surface area contributed by atoms with E-state index in [9.17, 15) is 0 Å². The number of benzene rings is 2. The smallest absolute Gasteiger partial charge is 0.0850 e. The first-order chi connectivity index (χ1) is 8.90. The van der Waals surface area contributed by atoms with Gasteiger partial charge in [0.05, 0.1) is 25.4 Å². The number of ether oxygens (including phenoxy) is 2. The Morgan fingerprint density at radius 1 is 0.789 bits per heavy atom. The molecule has 0 aromatic heterocycles. The van der Waals surface area contributed by atoms with Crippen molar-refractivity contribution < 1.29 is 14.9 Å². The maximum absolute atomic E-state index is 5.35. The Morgan fingerprint density at radius 3 is 1.58 bits per heavy atom. The van der Waals surface area contributed by atoms with E-state index < -0.39 is 0 Å². The van der Waals surface area contributed by atoms with Crippen molar-refractivity contribution in [2.45, 2.75) is 25.0 Å². The van der Waals surface area contributed by atoms with Crippen LogP contribution >= 0.6 is 0 Å². The highest BCUT2D eigenvalue weighted by Gasteiger charge is 2.25. The van der Waals surface area contributed by atoms with Gasteiger partial charge in [0.1, 0.15) is 0 Å². The van der Waals surface area contributed by atoms with Crippen molar-refractivity contribution in [3.05, 3.63) is 47.5 Å². The predicted octanol–water partition coefficient (Wildman–Crippen LogP) is 1.90. The van der Waals surface area contributed by atoms with E-state index in [1.54, 1.807) is 0 Å². The molecule has 2 heterocycles. The number of hydrogen-bond donors (Lipinski definition) is 0. The highest BCUT2D eigenvalue weighted by Crippen LogP contribution is 2.28. The molecular weight excluding hydrogens is 240 g/mol. The Bertz CT molecular complexity index is 532. The molecule has 100 valence electrons. The van der Waals surface area contributed by atoms with Crippen LogP contribution in [0.2, 0.25) is 0 Å². The molecule has 0 saturated carbocycles. The summed E-state index contributed by atoms with van der Waals surface area (Å²) in [5, 5.41) is 2.76. The summed E-state index contributed by atoms with van der Waals surface area (Å²) in [5.74, 6) is 0. The Kier molecular flexibility index (Phi) is 3.27. The van der Waals surface area contributed by atoms with Crippen molar-refractivity contribution in [2.75, 3.05) is 13.2 Å². The quantitative estimate of drug-likeness (QED) is 0.786. The van der Waals surface area contributed by atoms with Crippen LogP contribution in [0.25, 0.3) is 10.8 Å². The molecule has 4 rings (SSSR count). The van der Waals surface area contributed by atoms with E-state index in [4.69, 9.17) is 9.47 Å². The van der Waals surface area contributed by atoms with Crippen molar-refractivity contribution in [1.82, 2.24) is 0 Å². The Balaban J connectivity index is 0.00000110. The summed E-state index contributed by atoms with van der Waals surface area (Å²) in [5.41, 5.74) is 2.82. The van der Waals surface area contributed by atoms with E-state index in [1.807, 2.05) is 0 Å². The van der Waals surface area contributed by atoms with Crippen molar-refractivity contribution in [3.63, 3.8) is 0 Å². The average Bonchev–Trinajstić information content (AvgIpc) is 3.25. The van der Waals surface area contributed by atoms with Crippen LogP contribution in [0.1, 0.15) is 11.1 Å². The van der Waals surface area contributed by atoms with Gasteiger partial charge in [0, 0.05) is 12.8 Å². The van der Waals surface area contributed by atoms with Crippen molar-refractivity contribution in [2.24, 2.45) is 0 Å². The second-order valence-corrected chi connectivity index (χ2v) is 5.25. The van der Waals surface area contributed by atoms with Crippen LogP contribution in [0, 0.1) is 0 Å². The van der Waals surface area contributed by atoms with Crippen molar-refractivity contribution in [1.29, 1.82) is 0 Å². The Labute approximate surface area is 112 Å². The van der Waals surface area contributed by atoms with Gasteiger partial charge in [-0.15, -0.1) is 0 Å². The molecular formula is C16H18O3. The molecule has 3 nitrogen and oxygen atoms in total. The van der Waals surface area contributed by atoms with Crippen LogP contribution in [-0.4, -0.2) is 30.9 Å². The van der Waals surface area contributed by atoms with Gasteiger partial charge in [0.15, 0.2) is 0 Å². The largest absolute Gasteiger partial charge is 0.412 e. The maximum atomic E-state index is 5.35. The zero-order valence-corrected chi connectivity index (χ0v) is 10.8. The third-order valence-electron chi connectivity index (χ3n) is 3.80. The lowest BCUT2D eigenvalue weighted by molar-refractivity contribution is 0.407. The third kappa shape index (κ3) is 2.63. The van der Waals surface area contributed by atoms with Crippen LogP contribution in [0.5, 0.6) is 0 Å². The minimum Gasteiger partial charge on any atom is -0.412 e. The highest BCUT2D eigenvalue weighted by atomic mass is 16.6. The first kappa shape index (κ1) is 12.6. The average molecular weight is 258 g/mol. The summed E-state index contributed by atoms with van der Waals surface area (Å²) in [6.07, 6.45) is 2.98. The fourth-order valence-electron chi connectivity index (χ4n) is 2.66. The summed E-state index contributed by atoms with van der Waals surface area (Å²) >= 11 is 0. The molecule has 19 heavy (non-hydrogen) atoms. The molecule has 0 amide bonds. The topological polar surface area (TPSA) is 56.6 Å². The lowest BCUT2D eigenvalue weighted by atomic mass is 9.96. The van der Waals surface area contributed by atoms with Gasteiger partial charge in [-0.05, 0) is 21.9 Å². The highest BCUT2D eigenvalue weighted by molar-refractivity contribution is 5.88. The molecule has 2 aromatic carbocycles. The molecule has 2 saturated heterocycles. The van der Waals surface area contributed by atoms with E-state index in [-0.39, 0.29) is 5.48 Å². The van der Waals surface area contributed by atoms with Crippen LogP contribution in [0.4, 0.5) is 0 Å². The van der Waals surface area contributed by atoms with Gasteiger partial charge in [-0.3, -0.25) is 0 Å². The lowest BCUT2D eigenvalue weighted by Crippen LogP contribution is -1.97. The standard InChI is InChI=1S/C16H16O2.H2O/c1-3-11(7-13-9-17-13)16-6-2-4-12(15(16)5-1)8-14-10-18-14;/h1-6,13-14H,7-10H2;1H2. The molecule has 3 heteroatoms. The van der Waals surface area contributed by atoms with Crippen LogP contribution in [0.15, 0.2) is 36.4 Å². The normalized spacial score (nSPS) is 24.0. The first-order valence-electron chi connectivity index (χ1n) is 6.63. The maximum Gasteiger partial charge on any atom is 0.0850 e. The van der Waals surface area contributed by atoms with E-state index >= 15 is 0 Å². The summed E-state index contributed by atoms with van der Waals surface area (Å²) in [7, 11) is 0. The first-order valence-corrected chi connectivity index (χ1v) is 6.63. The minimum absolute atomic E-state index is 0. The molecule has 2 fully saturated rings. The fourth-order valence-corrected chi connectivity index (χ4v) is 2.66. The van der Waals surface area contributed by atoms with Crippen LogP contribution in [0.3, 0.4) is 0 Å². The lowest BCUT2D eigenvalue weighted by Gasteiger charge is -2.09. The Hall–Kier alpha value is -1.42. The zero-order chi connectivity index (χ0) is 11.9. The van der Waals surface area contributed by atoms with Gasteiger partial charge in [-0.1, -0.05) is 36.4 Å². The Morgan fingerprint density at radius 2 is 1.21 bits per heavy atom. The van der Waals surface area contributed by atoms with Crippen molar-refractivity contribution in [3.8, 4) is 0 Å². The molecule has 2 aliphatic heterocycles. The van der Waals surface area contributed by atoms with Gasteiger partial charge < -0.3 is 14.9 Å². The third-order valence-corrected chi connectivity index (χ3v) is 3.80. The molecule has 0 bridgehead atoms.